The van der Waals surface area contributed by atoms with Crippen molar-refractivity contribution < 1.29 is 32.2 Å². The molecule has 1 aromatic rings. The number of hydrogen-bond acceptors (Lipinski definition) is 7. The summed E-state index contributed by atoms with van der Waals surface area (Å²) in [5.74, 6) is -0.685. The molecule has 3 aliphatic rings. The number of hydroxylamine groups is 2. The minimum absolute atomic E-state index is 0.0208. The molecule has 1 aromatic carbocycles. The van der Waals surface area contributed by atoms with E-state index >= 15 is 0 Å². The highest BCUT2D eigenvalue weighted by molar-refractivity contribution is 7.85. The molecule has 10 heteroatoms. The molecule has 9 nitrogen and oxygen atoms in total. The van der Waals surface area contributed by atoms with Crippen LogP contribution in [0.2, 0.25) is 0 Å². The second-order valence-electron chi connectivity index (χ2n) is 15.9. The van der Waals surface area contributed by atoms with Gasteiger partial charge in [0.15, 0.2) is 0 Å². The van der Waals surface area contributed by atoms with Crippen LogP contribution in [0.4, 0.5) is 5.69 Å². The van der Waals surface area contributed by atoms with Crippen molar-refractivity contribution in [2.75, 3.05) is 18.5 Å². The topological polar surface area (TPSA) is 121 Å². The molecule has 0 saturated carbocycles. The largest absolute Gasteiger partial charge is 0.344 e. The maximum Gasteiger partial charge on any atom is 0.332 e. The zero-order chi connectivity index (χ0) is 42.5. The van der Waals surface area contributed by atoms with Gasteiger partial charge in [0.05, 0.1) is 4.90 Å². The van der Waals surface area contributed by atoms with Gasteiger partial charge in [-0.25, -0.2) is 4.79 Å². The Morgan fingerprint density at radius 2 is 1.71 bits per heavy atom. The molecule has 0 radical (unpaired) electrons. The summed E-state index contributed by atoms with van der Waals surface area (Å²) in [4.78, 5) is 42.0. The number of anilines is 1. The van der Waals surface area contributed by atoms with Crippen molar-refractivity contribution >= 4 is 34.0 Å². The van der Waals surface area contributed by atoms with E-state index in [-0.39, 0.29) is 35.5 Å². The maximum absolute atomic E-state index is 12.3. The maximum atomic E-state index is 12.3. The third kappa shape index (κ3) is 11.8. The molecule has 4 rings (SSSR count). The van der Waals surface area contributed by atoms with Crippen molar-refractivity contribution in [2.24, 2.45) is 11.3 Å². The molecule has 1 unspecified atom stereocenters. The van der Waals surface area contributed by atoms with Crippen LogP contribution < -0.4 is 4.90 Å². The molecule has 58 heavy (non-hydrogen) atoms. The first-order chi connectivity index (χ1) is 27.5. The summed E-state index contributed by atoms with van der Waals surface area (Å²) in [6.07, 6.45) is 35.5. The van der Waals surface area contributed by atoms with E-state index in [1.807, 2.05) is 44.2 Å². The number of aldehydes is 1. The lowest BCUT2D eigenvalue weighted by molar-refractivity contribution is -0.192. The number of allylic oxidation sites excluding steroid dienone is 19. The molecule has 310 valence electrons. The molecule has 1 amide bonds. The molecule has 0 aromatic heterocycles. The Kier molecular flexibility index (Phi) is 16.2. The number of nitrogens with zero attached hydrogens (tertiary/aromatic N) is 2. The third-order valence-electron chi connectivity index (χ3n) is 11.2. The van der Waals surface area contributed by atoms with E-state index in [1.54, 1.807) is 12.1 Å². The summed E-state index contributed by atoms with van der Waals surface area (Å²) in [6.45, 7) is 15.8. The standard InChI is InChI=1S/C48H60N2O7S/c1-8-41-36(2)47(3,4)39(34-38(41)25-20-24-37-22-14-10-9-11-15-23-37)26-16-12-17-27-44-48(5,6)42-35-40(58(54,55)56)30-31-43(42)50(44)32-19-13-18-29-46(53)57-49(7)45(52)28-21-33-51/h8-12,14-17,22-23,26-27,30-31,33-35,38H,2,13,18-21,24-25,28-29,32H2,1,3-7H3,(H,54,55,56). The smallest absolute Gasteiger partial charge is 0.332 e. The zero-order valence-corrected chi connectivity index (χ0v) is 35.8. The van der Waals surface area contributed by atoms with Gasteiger partial charge in [-0.15, -0.1) is 0 Å². The van der Waals surface area contributed by atoms with Crippen molar-refractivity contribution in [2.45, 2.75) is 103 Å². The van der Waals surface area contributed by atoms with E-state index in [0.29, 0.717) is 25.7 Å². The van der Waals surface area contributed by atoms with Crippen LogP contribution >= 0.6 is 0 Å². The van der Waals surface area contributed by atoms with Gasteiger partial charge in [-0.3, -0.25) is 9.35 Å². The SMILES string of the molecule is C=C1C(=CC)C(CCCC2=CC=CC=CC=C2)C=C(C=CC=CC=C2N(CCCCCC(=O)ON(C)C(=O)CCC=O)c3ccc(S(=O)(=O)O)cc3C2(C)C)C1(C)C. The average Bonchev–Trinajstić information content (AvgIpc) is 3.36. The fourth-order valence-corrected chi connectivity index (χ4v) is 8.20. The Morgan fingerprint density at radius 1 is 0.966 bits per heavy atom. The number of carbonyl (C=O) groups excluding carboxylic acids is 3. The zero-order valence-electron chi connectivity index (χ0n) is 34.9. The molecule has 1 N–H and O–H groups in total. The van der Waals surface area contributed by atoms with Gasteiger partial charge in [0.2, 0.25) is 0 Å². The van der Waals surface area contributed by atoms with Gasteiger partial charge in [-0.1, -0.05) is 120 Å². The fraction of sp³-hybridized carbons (Fsp3) is 0.396. The van der Waals surface area contributed by atoms with E-state index in [1.165, 1.54) is 29.8 Å². The van der Waals surface area contributed by atoms with E-state index in [0.717, 1.165) is 53.3 Å². The molecule has 0 fully saturated rings. The Labute approximate surface area is 346 Å². The van der Waals surface area contributed by atoms with Crippen molar-refractivity contribution in [3.63, 3.8) is 0 Å². The summed E-state index contributed by atoms with van der Waals surface area (Å²) in [5, 5.41) is 0.879. The molecule has 1 aliphatic heterocycles. The molecule has 0 bridgehead atoms. The number of hydrogen-bond donors (Lipinski definition) is 1. The first-order valence-electron chi connectivity index (χ1n) is 20.2. The highest BCUT2D eigenvalue weighted by Crippen LogP contribution is 2.49. The van der Waals surface area contributed by atoms with E-state index in [4.69, 9.17) is 4.84 Å². The van der Waals surface area contributed by atoms with Crippen LogP contribution in [0.15, 0.2) is 143 Å². The number of rotatable bonds is 17. The van der Waals surface area contributed by atoms with Crippen molar-refractivity contribution in [3.05, 3.63) is 143 Å². The number of unbranched alkanes of at least 4 members (excludes halogenated alkanes) is 2. The van der Waals surface area contributed by atoms with Crippen molar-refractivity contribution in [3.8, 4) is 0 Å². The highest BCUT2D eigenvalue weighted by Gasteiger charge is 2.40. The Morgan fingerprint density at radius 3 is 2.43 bits per heavy atom. The molecule has 1 heterocycles. The van der Waals surface area contributed by atoms with Crippen LogP contribution in [0, 0.1) is 11.3 Å². The summed E-state index contributed by atoms with van der Waals surface area (Å²) in [5.41, 5.74) is 6.79. The summed E-state index contributed by atoms with van der Waals surface area (Å²) < 4.78 is 34.1. The lowest BCUT2D eigenvalue weighted by atomic mass is 9.66. The Balaban J connectivity index is 1.48. The summed E-state index contributed by atoms with van der Waals surface area (Å²) in [6, 6.07) is 4.70. The van der Waals surface area contributed by atoms with Gasteiger partial charge < -0.3 is 14.5 Å². The molecule has 0 saturated heterocycles. The van der Waals surface area contributed by atoms with Gasteiger partial charge in [0.1, 0.15) is 6.29 Å². The number of carbonyl (C=O) groups is 3. The quantitative estimate of drug-likeness (QED) is 0.0543. The molecular weight excluding hydrogens is 749 g/mol. The van der Waals surface area contributed by atoms with Gasteiger partial charge in [0.25, 0.3) is 16.0 Å². The van der Waals surface area contributed by atoms with Crippen molar-refractivity contribution in [1.82, 2.24) is 5.06 Å². The van der Waals surface area contributed by atoms with E-state index in [2.05, 4.69) is 86.9 Å². The first-order valence-corrected chi connectivity index (χ1v) is 21.6. The van der Waals surface area contributed by atoms with Crippen LogP contribution in [0.3, 0.4) is 0 Å². The van der Waals surface area contributed by atoms with Gasteiger partial charge in [-0.05, 0) is 91.2 Å². The Hall–Kier alpha value is -5.06. The van der Waals surface area contributed by atoms with E-state index < -0.39 is 27.4 Å². The first kappa shape index (κ1) is 45.6. The lowest BCUT2D eigenvalue weighted by Gasteiger charge is -2.38. The fourth-order valence-electron chi connectivity index (χ4n) is 7.69. The number of benzene rings is 1. The van der Waals surface area contributed by atoms with Crippen LogP contribution in [-0.4, -0.2) is 49.8 Å². The minimum atomic E-state index is -4.40. The minimum Gasteiger partial charge on any atom is -0.344 e. The number of fused-ring (bicyclic) bond motifs is 1. The molecule has 0 spiro atoms. The second-order valence-corrected chi connectivity index (χ2v) is 17.4. The van der Waals surface area contributed by atoms with Crippen molar-refractivity contribution in [1.29, 1.82) is 0 Å². The third-order valence-corrected chi connectivity index (χ3v) is 12.1. The van der Waals surface area contributed by atoms with Gasteiger partial charge in [-0.2, -0.15) is 13.5 Å². The van der Waals surface area contributed by atoms with Crippen LogP contribution in [-0.2, 0) is 34.8 Å². The van der Waals surface area contributed by atoms with E-state index in [9.17, 15) is 27.4 Å². The predicted octanol–water partition coefficient (Wildman–Crippen LogP) is 10.3. The normalized spacial score (nSPS) is 20.0. The monoisotopic (exact) mass is 808 g/mol. The van der Waals surface area contributed by atoms with Gasteiger partial charge >= 0.3 is 5.97 Å². The molecule has 2 aliphatic carbocycles. The summed E-state index contributed by atoms with van der Waals surface area (Å²) >= 11 is 0. The number of amides is 1. The van der Waals surface area contributed by atoms with Crippen LogP contribution in [0.1, 0.15) is 98.0 Å². The van der Waals surface area contributed by atoms with Crippen LogP contribution in [0.25, 0.3) is 0 Å². The highest BCUT2D eigenvalue weighted by atomic mass is 32.2. The molecular formula is C48H60N2O7S. The summed E-state index contributed by atoms with van der Waals surface area (Å²) in [7, 11) is -3.04. The van der Waals surface area contributed by atoms with Gasteiger partial charge in [0, 0.05) is 61.0 Å². The lowest BCUT2D eigenvalue weighted by Crippen LogP contribution is -2.29. The predicted molar refractivity (Wildman–Crippen MR) is 233 cm³/mol. The molecule has 1 atom stereocenters. The second kappa shape index (κ2) is 20.6. The van der Waals surface area contributed by atoms with Crippen LogP contribution in [0.5, 0.6) is 0 Å². The average molecular weight is 809 g/mol. The Bertz CT molecular complexity index is 2100.